The van der Waals surface area contributed by atoms with Crippen LogP contribution in [0.3, 0.4) is 0 Å². The van der Waals surface area contributed by atoms with E-state index in [0.717, 1.165) is 37.5 Å². The zero-order valence-electron chi connectivity index (χ0n) is 28.3. The minimum Gasteiger partial charge on any atom is -0.390 e. The third-order valence-electron chi connectivity index (χ3n) is 9.51. The van der Waals surface area contributed by atoms with Crippen molar-refractivity contribution in [2.75, 3.05) is 19.3 Å². The van der Waals surface area contributed by atoms with Crippen molar-refractivity contribution in [1.82, 2.24) is 20.9 Å². The fourth-order valence-electron chi connectivity index (χ4n) is 6.64. The molecule has 254 valence electrons. The number of benzene rings is 1. The van der Waals surface area contributed by atoms with E-state index in [0.29, 0.717) is 24.8 Å². The van der Waals surface area contributed by atoms with Crippen molar-refractivity contribution < 1.29 is 27.9 Å². The Morgan fingerprint density at radius 3 is 2.20 bits per heavy atom. The zero-order chi connectivity index (χ0) is 33.6. The largest absolute Gasteiger partial charge is 0.390 e. The van der Waals surface area contributed by atoms with Crippen LogP contribution in [0.15, 0.2) is 30.3 Å². The molecule has 4 N–H and O–H groups in total. The number of hydrogen-bond donors (Lipinski definition) is 4. The highest BCUT2D eigenvalue weighted by Crippen LogP contribution is 2.39. The second-order valence-corrected chi connectivity index (χ2v) is 17.3. The molecule has 1 aromatic carbocycles. The molecule has 2 aliphatic rings. The molecule has 0 aromatic heterocycles. The lowest BCUT2D eigenvalue weighted by Gasteiger charge is -2.47. The van der Waals surface area contributed by atoms with Crippen molar-refractivity contribution in [3.05, 3.63) is 35.9 Å². The van der Waals surface area contributed by atoms with E-state index in [-0.39, 0.29) is 25.3 Å². The summed E-state index contributed by atoms with van der Waals surface area (Å²) in [6, 6.07) is 6.85. The van der Waals surface area contributed by atoms with E-state index in [4.69, 9.17) is 0 Å². The number of likely N-dealkylation sites (tertiary alicyclic amines) is 1. The molecule has 1 aliphatic carbocycles. The predicted molar refractivity (Wildman–Crippen MR) is 177 cm³/mol. The molecule has 2 fully saturated rings. The van der Waals surface area contributed by atoms with E-state index < -0.39 is 56.2 Å². The highest BCUT2D eigenvalue weighted by atomic mass is 32.2. The molecule has 0 bridgehead atoms. The molecule has 11 heteroatoms. The third-order valence-corrected chi connectivity index (χ3v) is 11.7. The van der Waals surface area contributed by atoms with Gasteiger partial charge in [-0.25, -0.2) is 8.42 Å². The van der Waals surface area contributed by atoms with Gasteiger partial charge in [-0.05, 0) is 77.7 Å². The van der Waals surface area contributed by atoms with Crippen LogP contribution < -0.4 is 16.0 Å². The van der Waals surface area contributed by atoms with Gasteiger partial charge in [-0.2, -0.15) is 0 Å². The van der Waals surface area contributed by atoms with E-state index in [2.05, 4.69) is 20.9 Å². The smallest absolute Gasteiger partial charge is 0.244 e. The summed E-state index contributed by atoms with van der Waals surface area (Å²) in [6.45, 7) is 11.4. The van der Waals surface area contributed by atoms with Crippen LogP contribution in [-0.2, 0) is 30.6 Å². The van der Waals surface area contributed by atoms with Gasteiger partial charge >= 0.3 is 0 Å². The Kier molecular flexibility index (Phi) is 12.6. The van der Waals surface area contributed by atoms with Gasteiger partial charge in [0.15, 0.2) is 9.84 Å². The number of aliphatic hydroxyl groups is 1. The summed E-state index contributed by atoms with van der Waals surface area (Å²) < 4.78 is 24.0. The maximum absolute atomic E-state index is 13.9. The van der Waals surface area contributed by atoms with Gasteiger partial charge in [-0.3, -0.25) is 19.3 Å². The molecule has 10 nitrogen and oxygen atoms in total. The number of rotatable bonds is 13. The second-order valence-electron chi connectivity index (χ2n) is 14.7. The molecule has 6 unspecified atom stereocenters. The predicted octanol–water partition coefficient (Wildman–Crippen LogP) is 2.98. The molecule has 1 aliphatic heterocycles. The Morgan fingerprint density at radius 1 is 1.00 bits per heavy atom. The molecule has 6 atom stereocenters. The highest BCUT2D eigenvalue weighted by molar-refractivity contribution is 7.92. The normalized spacial score (nSPS) is 23.2. The molecule has 0 radical (unpaired) electrons. The lowest BCUT2D eigenvalue weighted by Crippen LogP contribution is -2.64. The van der Waals surface area contributed by atoms with Crippen molar-refractivity contribution in [3.63, 3.8) is 0 Å². The van der Waals surface area contributed by atoms with Gasteiger partial charge in [0.2, 0.25) is 17.7 Å². The minimum absolute atomic E-state index is 0.0593. The van der Waals surface area contributed by atoms with Crippen LogP contribution >= 0.6 is 0 Å². The molecule has 3 amide bonds. The number of carbonyl (C=O) groups is 3. The van der Waals surface area contributed by atoms with E-state index in [9.17, 15) is 27.9 Å². The van der Waals surface area contributed by atoms with Gasteiger partial charge in [-0.15, -0.1) is 0 Å². The molecule has 0 spiro atoms. The van der Waals surface area contributed by atoms with E-state index >= 15 is 0 Å². The summed E-state index contributed by atoms with van der Waals surface area (Å²) in [6.07, 6.45) is 6.19. The standard InChI is InChI=1S/C34H56N4O6S/c1-8-14-29(40)36-30(34(5,6)45(7,43)44)32(42)35-26(19-23-15-10-9-11-16-23)28(39)22-38-21-25-18-13-12-17-24(25)20-27(38)31(41)37-33(2,3)4/h9-11,15-16,24-28,30,39H,8,12-14,17-22H2,1-7H3,(H,35,42)(H,36,40)(H,37,41). The molecule has 1 saturated heterocycles. The number of piperidine rings is 1. The maximum atomic E-state index is 13.9. The minimum atomic E-state index is -3.78. The first-order chi connectivity index (χ1) is 20.9. The van der Waals surface area contributed by atoms with Crippen molar-refractivity contribution in [2.45, 2.75) is 127 Å². The monoisotopic (exact) mass is 648 g/mol. The van der Waals surface area contributed by atoms with Gasteiger partial charge in [0.1, 0.15) is 6.04 Å². The number of sulfone groups is 1. The number of nitrogens with one attached hydrogen (secondary N) is 3. The van der Waals surface area contributed by atoms with E-state index in [1.165, 1.54) is 20.3 Å². The Bertz CT molecular complexity index is 1260. The molecule has 1 heterocycles. The number of hydrogen-bond acceptors (Lipinski definition) is 7. The number of β-amino-alcohol motifs (C(OH)–C–C–N with tert-alkyl or cyclic N) is 1. The lowest BCUT2D eigenvalue weighted by atomic mass is 9.72. The third kappa shape index (κ3) is 10.2. The summed E-state index contributed by atoms with van der Waals surface area (Å²) in [5.74, 6) is -0.245. The van der Waals surface area contributed by atoms with Crippen LogP contribution in [-0.4, -0.2) is 90.0 Å². The lowest BCUT2D eigenvalue weighted by molar-refractivity contribution is -0.133. The quantitative estimate of drug-likeness (QED) is 0.257. The summed E-state index contributed by atoms with van der Waals surface area (Å²) in [7, 11) is -3.78. The molecule has 1 aromatic rings. The van der Waals surface area contributed by atoms with Crippen LogP contribution in [0.4, 0.5) is 0 Å². The summed E-state index contributed by atoms with van der Waals surface area (Å²) >= 11 is 0. The van der Waals surface area contributed by atoms with E-state index in [1.54, 1.807) is 0 Å². The van der Waals surface area contributed by atoms with Gasteiger partial charge in [0.25, 0.3) is 0 Å². The van der Waals surface area contributed by atoms with Gasteiger partial charge in [-0.1, -0.05) is 56.5 Å². The first kappa shape index (κ1) is 37.0. The number of nitrogens with zero attached hydrogens (tertiary/aromatic N) is 1. The van der Waals surface area contributed by atoms with Crippen LogP contribution in [0.25, 0.3) is 0 Å². The Labute approximate surface area is 270 Å². The van der Waals surface area contributed by atoms with Crippen molar-refractivity contribution in [3.8, 4) is 0 Å². The van der Waals surface area contributed by atoms with Crippen molar-refractivity contribution >= 4 is 27.6 Å². The van der Waals surface area contributed by atoms with Crippen LogP contribution in [0.5, 0.6) is 0 Å². The highest BCUT2D eigenvalue weighted by Gasteiger charge is 2.46. The second kappa shape index (κ2) is 15.4. The Balaban J connectivity index is 1.91. The van der Waals surface area contributed by atoms with Gasteiger partial charge in [0, 0.05) is 31.3 Å². The molecule has 45 heavy (non-hydrogen) atoms. The summed E-state index contributed by atoms with van der Waals surface area (Å²) in [4.78, 5) is 42.2. The molecular weight excluding hydrogens is 592 g/mol. The first-order valence-electron chi connectivity index (χ1n) is 16.5. The van der Waals surface area contributed by atoms with Crippen molar-refractivity contribution in [1.29, 1.82) is 0 Å². The topological polar surface area (TPSA) is 145 Å². The van der Waals surface area contributed by atoms with Crippen molar-refractivity contribution in [2.24, 2.45) is 11.8 Å². The zero-order valence-corrected chi connectivity index (χ0v) is 29.1. The average Bonchev–Trinajstić information content (AvgIpc) is 2.94. The molecular formula is C34H56N4O6S. The number of amides is 3. The Hall–Kier alpha value is -2.50. The van der Waals surface area contributed by atoms with E-state index in [1.807, 2.05) is 58.0 Å². The summed E-state index contributed by atoms with van der Waals surface area (Å²) in [5.41, 5.74) is 0.474. The maximum Gasteiger partial charge on any atom is 0.244 e. The summed E-state index contributed by atoms with van der Waals surface area (Å²) in [5, 5.41) is 20.5. The number of fused-ring (bicyclic) bond motifs is 1. The first-order valence-corrected chi connectivity index (χ1v) is 18.4. The molecule has 1 saturated carbocycles. The SMILES string of the molecule is CCCC(=O)NC(C(=O)NC(Cc1ccccc1)C(O)CN1CC2CCCCC2CC1C(=O)NC(C)(C)C)C(C)(C)S(C)(=O)=O. The fourth-order valence-corrected chi connectivity index (χ4v) is 7.24. The number of carbonyl (C=O) groups excluding carboxylic acids is 3. The van der Waals surface area contributed by atoms with Gasteiger partial charge < -0.3 is 21.1 Å². The van der Waals surface area contributed by atoms with Gasteiger partial charge in [0.05, 0.1) is 22.9 Å². The van der Waals surface area contributed by atoms with Crippen LogP contribution in [0, 0.1) is 11.8 Å². The fraction of sp³-hybridized carbons (Fsp3) is 0.735. The number of aliphatic hydroxyl groups excluding tert-OH is 1. The van der Waals surface area contributed by atoms with Crippen LogP contribution in [0.2, 0.25) is 0 Å². The van der Waals surface area contributed by atoms with Crippen LogP contribution in [0.1, 0.15) is 92.1 Å². The molecule has 3 rings (SSSR count). The average molecular weight is 649 g/mol. The Morgan fingerprint density at radius 2 is 1.62 bits per heavy atom.